The Balaban J connectivity index is 0.000000810. The molecule has 0 atom stereocenters. The van der Waals surface area contributed by atoms with Crippen LogP contribution in [0.2, 0.25) is 0 Å². The zero-order valence-corrected chi connectivity index (χ0v) is 6.84. The molecule has 0 unspecified atom stereocenters. The minimum Gasteiger partial charge on any atom is -0.453 e. The van der Waals surface area contributed by atoms with Crippen molar-refractivity contribution in [1.82, 2.24) is 4.90 Å². The number of likely N-dealkylation sites (tertiary alicyclic amines) is 1. The fraction of sp³-hybridized carbons (Fsp3) is 0.625. The van der Waals surface area contributed by atoms with Crippen molar-refractivity contribution >= 4 is 0 Å². The molecule has 1 rings (SSSR count). The van der Waals surface area contributed by atoms with E-state index in [0.29, 0.717) is 0 Å². The van der Waals surface area contributed by atoms with E-state index in [2.05, 4.69) is 18.0 Å². The molecule has 1 aliphatic rings. The van der Waals surface area contributed by atoms with Gasteiger partial charge in [0.05, 0.1) is 0 Å². The molecule has 0 aromatic carbocycles. The minimum atomic E-state index is 0. The van der Waals surface area contributed by atoms with Gasteiger partial charge in [-0.2, -0.15) is 6.42 Å². The smallest absolute Gasteiger partial charge is 0.453 e. The molecule has 1 saturated heterocycles. The van der Waals surface area contributed by atoms with Crippen LogP contribution in [0.1, 0.15) is 19.3 Å². The molecule has 1 aliphatic heterocycles. The quantitative estimate of drug-likeness (QED) is 0.259. The van der Waals surface area contributed by atoms with Crippen LogP contribution in [0.5, 0.6) is 0 Å². The van der Waals surface area contributed by atoms with E-state index >= 15 is 0 Å². The zero-order chi connectivity index (χ0) is 6.53. The fourth-order valence-corrected chi connectivity index (χ4v) is 1.16. The molecular formula is C8H14LiN. The molecule has 0 amide bonds. The Labute approximate surface area is 75.7 Å². The molecule has 10 heavy (non-hydrogen) atoms. The van der Waals surface area contributed by atoms with Crippen LogP contribution >= 0.6 is 0 Å². The van der Waals surface area contributed by atoms with Gasteiger partial charge in [-0.25, -0.2) is 0 Å². The molecule has 0 spiro atoms. The van der Waals surface area contributed by atoms with Crippen LogP contribution in [-0.2, 0) is 0 Å². The second-order valence-electron chi connectivity index (χ2n) is 2.46. The summed E-state index contributed by atoms with van der Waals surface area (Å²) in [7, 11) is 0. The third-order valence-electron chi connectivity index (χ3n) is 1.65. The summed E-state index contributed by atoms with van der Waals surface area (Å²) < 4.78 is 0. The maximum absolute atomic E-state index is 3.69. The molecule has 0 saturated carbocycles. The Morgan fingerprint density at radius 2 is 2.30 bits per heavy atom. The normalized spacial score (nSPS) is 19.6. The summed E-state index contributed by atoms with van der Waals surface area (Å²) >= 11 is 0. The number of piperidine rings is 1. The van der Waals surface area contributed by atoms with Crippen molar-refractivity contribution < 1.29 is 18.9 Å². The number of hydrogen-bond donors (Lipinski definition) is 0. The molecule has 1 nitrogen and oxygen atoms in total. The van der Waals surface area contributed by atoms with Crippen LogP contribution in [0.4, 0.5) is 0 Å². The molecule has 1 heterocycles. The van der Waals surface area contributed by atoms with Gasteiger partial charge in [-0.3, -0.25) is 6.54 Å². The molecule has 0 aromatic rings. The average molecular weight is 131 g/mol. The van der Waals surface area contributed by atoms with Crippen LogP contribution in [0.3, 0.4) is 0 Å². The summed E-state index contributed by atoms with van der Waals surface area (Å²) in [4.78, 5) is 2.33. The molecule has 2 heteroatoms. The SMILES string of the molecule is C=CCN1[CH-]CCCC1.[Li+]. The Morgan fingerprint density at radius 3 is 2.80 bits per heavy atom. The van der Waals surface area contributed by atoms with Gasteiger partial charge >= 0.3 is 18.9 Å². The second-order valence-corrected chi connectivity index (χ2v) is 2.46. The Bertz CT molecular complexity index is 87.3. The predicted molar refractivity (Wildman–Crippen MR) is 39.9 cm³/mol. The van der Waals surface area contributed by atoms with Crippen molar-refractivity contribution in [1.29, 1.82) is 0 Å². The van der Waals surface area contributed by atoms with Crippen molar-refractivity contribution in [3.63, 3.8) is 0 Å². The summed E-state index contributed by atoms with van der Waals surface area (Å²) in [5.74, 6) is 0. The van der Waals surface area contributed by atoms with Crippen LogP contribution in [0, 0.1) is 6.54 Å². The molecule has 0 N–H and O–H groups in total. The topological polar surface area (TPSA) is 3.24 Å². The first-order valence-electron chi connectivity index (χ1n) is 3.62. The first-order chi connectivity index (χ1) is 4.43. The van der Waals surface area contributed by atoms with Gasteiger partial charge in [-0.05, 0) is 19.5 Å². The Hall–Kier alpha value is 0.297. The maximum Gasteiger partial charge on any atom is 1.00 e. The van der Waals surface area contributed by atoms with E-state index in [4.69, 9.17) is 0 Å². The molecule has 0 aromatic heterocycles. The van der Waals surface area contributed by atoms with Crippen molar-refractivity contribution in [2.45, 2.75) is 19.3 Å². The van der Waals surface area contributed by atoms with Gasteiger partial charge < -0.3 is 4.90 Å². The first-order valence-corrected chi connectivity index (χ1v) is 3.62. The van der Waals surface area contributed by atoms with Crippen LogP contribution in [0.25, 0.3) is 0 Å². The fourth-order valence-electron chi connectivity index (χ4n) is 1.16. The van der Waals surface area contributed by atoms with E-state index in [0.717, 1.165) is 6.54 Å². The number of nitrogens with zero attached hydrogens (tertiary/aromatic N) is 1. The van der Waals surface area contributed by atoms with Crippen molar-refractivity contribution in [3.8, 4) is 0 Å². The maximum atomic E-state index is 3.69. The molecule has 0 bridgehead atoms. The molecule has 52 valence electrons. The Kier molecular flexibility index (Phi) is 6.22. The third-order valence-corrected chi connectivity index (χ3v) is 1.65. The molecular weight excluding hydrogens is 117 g/mol. The van der Waals surface area contributed by atoms with Gasteiger partial charge in [0, 0.05) is 0 Å². The summed E-state index contributed by atoms with van der Waals surface area (Å²) in [5.41, 5.74) is 0. The molecule has 1 fully saturated rings. The summed E-state index contributed by atoms with van der Waals surface area (Å²) in [6.45, 7) is 8.23. The van der Waals surface area contributed by atoms with Gasteiger partial charge in [0.1, 0.15) is 0 Å². The van der Waals surface area contributed by atoms with E-state index < -0.39 is 0 Å². The van der Waals surface area contributed by atoms with Gasteiger partial charge in [0.2, 0.25) is 0 Å². The van der Waals surface area contributed by atoms with E-state index in [9.17, 15) is 0 Å². The van der Waals surface area contributed by atoms with Crippen molar-refractivity contribution in [3.05, 3.63) is 19.2 Å². The predicted octanol–water partition coefficient (Wildman–Crippen LogP) is -1.18. The molecule has 0 radical (unpaired) electrons. The van der Waals surface area contributed by atoms with E-state index in [1.54, 1.807) is 0 Å². The summed E-state index contributed by atoms with van der Waals surface area (Å²) in [5, 5.41) is 0. The van der Waals surface area contributed by atoms with Gasteiger partial charge in [-0.15, -0.1) is 6.58 Å². The van der Waals surface area contributed by atoms with Gasteiger partial charge in [0.25, 0.3) is 0 Å². The standard InChI is InChI=1S/C8H14N.Li/c1-2-6-9-7-4-3-5-8-9;/h2,7H,1,3-6,8H2;/q-1;+1. The monoisotopic (exact) mass is 131 g/mol. The van der Waals surface area contributed by atoms with Crippen LogP contribution in [-0.4, -0.2) is 18.0 Å². The van der Waals surface area contributed by atoms with Gasteiger partial charge in [-0.1, -0.05) is 12.5 Å². The van der Waals surface area contributed by atoms with Crippen LogP contribution < -0.4 is 18.9 Å². The number of hydrogen-bond acceptors (Lipinski definition) is 1. The number of rotatable bonds is 2. The Morgan fingerprint density at radius 1 is 1.50 bits per heavy atom. The van der Waals surface area contributed by atoms with E-state index in [1.807, 2.05) is 6.08 Å². The van der Waals surface area contributed by atoms with E-state index in [1.165, 1.54) is 25.8 Å². The largest absolute Gasteiger partial charge is 1.00 e. The minimum absolute atomic E-state index is 0. The summed E-state index contributed by atoms with van der Waals surface area (Å²) in [6.07, 6.45) is 5.94. The molecule has 0 aliphatic carbocycles. The van der Waals surface area contributed by atoms with Gasteiger partial charge in [0.15, 0.2) is 0 Å². The first kappa shape index (κ1) is 10.3. The van der Waals surface area contributed by atoms with Crippen molar-refractivity contribution in [2.75, 3.05) is 13.1 Å². The van der Waals surface area contributed by atoms with Crippen LogP contribution in [0.15, 0.2) is 12.7 Å². The average Bonchev–Trinajstić information content (AvgIpc) is 1.91. The zero-order valence-electron chi connectivity index (χ0n) is 6.84. The summed E-state index contributed by atoms with van der Waals surface area (Å²) in [6, 6.07) is 0. The van der Waals surface area contributed by atoms with E-state index in [-0.39, 0.29) is 18.9 Å². The second kappa shape index (κ2) is 6.04. The van der Waals surface area contributed by atoms with Crippen molar-refractivity contribution in [2.24, 2.45) is 0 Å². The third kappa shape index (κ3) is 3.46.